The van der Waals surface area contributed by atoms with Crippen LogP contribution >= 0.6 is 0 Å². The molecule has 0 aliphatic carbocycles. The number of aryl methyl sites for hydroxylation is 3. The van der Waals surface area contributed by atoms with Crippen LogP contribution in [-0.4, -0.2) is 9.55 Å². The average molecular weight is 356 g/mol. The van der Waals surface area contributed by atoms with Crippen LogP contribution in [0.3, 0.4) is 0 Å². The molecule has 0 atom stereocenters. The minimum Gasteiger partial charge on any atom is -0.261 e. The summed E-state index contributed by atoms with van der Waals surface area (Å²) in [6.45, 7) is 8.71. The fourth-order valence-corrected chi connectivity index (χ4v) is 3.97. The summed E-state index contributed by atoms with van der Waals surface area (Å²) in [4.78, 5) is 4.59. The molecule has 3 heteroatoms. The van der Waals surface area contributed by atoms with Crippen molar-refractivity contribution in [2.45, 2.75) is 33.6 Å². The number of fused-ring (bicyclic) bond motifs is 1. The van der Waals surface area contributed by atoms with Gasteiger partial charge in [0.15, 0.2) is 11.0 Å². The molecule has 27 heavy (non-hydrogen) atoms. The average Bonchev–Trinajstić information content (AvgIpc) is 2.94. The lowest BCUT2D eigenvalue weighted by molar-refractivity contribution is -0.633. The SMILES string of the molecule is Cc1cc(C)c(-c2n(-c3ccccc3C(C)C)c3ccccc3[n+]2C)cn1. The van der Waals surface area contributed by atoms with E-state index in [0.29, 0.717) is 5.92 Å². The predicted molar refractivity (Wildman–Crippen MR) is 111 cm³/mol. The van der Waals surface area contributed by atoms with Gasteiger partial charge in [-0.1, -0.05) is 44.2 Å². The molecule has 0 radical (unpaired) electrons. The van der Waals surface area contributed by atoms with Gasteiger partial charge in [-0.3, -0.25) is 4.98 Å². The zero-order chi connectivity index (χ0) is 19.1. The van der Waals surface area contributed by atoms with Crippen LogP contribution in [0.25, 0.3) is 28.1 Å². The third-order valence-electron chi connectivity index (χ3n) is 5.30. The number of rotatable bonds is 3. The molecule has 136 valence electrons. The lowest BCUT2D eigenvalue weighted by Crippen LogP contribution is -2.30. The predicted octanol–water partition coefficient (Wildman–Crippen LogP) is 5.26. The second-order valence-corrected chi connectivity index (χ2v) is 7.56. The van der Waals surface area contributed by atoms with Gasteiger partial charge in [0, 0.05) is 17.5 Å². The summed E-state index contributed by atoms with van der Waals surface area (Å²) < 4.78 is 4.68. The first-order valence-electron chi connectivity index (χ1n) is 9.51. The molecule has 0 saturated heterocycles. The maximum absolute atomic E-state index is 4.59. The van der Waals surface area contributed by atoms with Gasteiger partial charge in [-0.2, -0.15) is 4.57 Å². The minimum atomic E-state index is 0.442. The van der Waals surface area contributed by atoms with Crippen molar-refractivity contribution < 1.29 is 4.57 Å². The fourth-order valence-electron chi connectivity index (χ4n) is 3.97. The van der Waals surface area contributed by atoms with E-state index in [-0.39, 0.29) is 0 Å². The molecule has 0 spiro atoms. The second kappa shape index (κ2) is 6.66. The van der Waals surface area contributed by atoms with Crippen LogP contribution < -0.4 is 4.57 Å². The first kappa shape index (κ1) is 17.5. The Morgan fingerprint density at radius 2 is 1.67 bits per heavy atom. The third kappa shape index (κ3) is 2.84. The Kier molecular flexibility index (Phi) is 4.31. The first-order chi connectivity index (χ1) is 13.0. The van der Waals surface area contributed by atoms with Gasteiger partial charge in [-0.15, -0.1) is 0 Å². The van der Waals surface area contributed by atoms with E-state index >= 15 is 0 Å². The van der Waals surface area contributed by atoms with Crippen LogP contribution in [0.4, 0.5) is 0 Å². The third-order valence-corrected chi connectivity index (χ3v) is 5.30. The van der Waals surface area contributed by atoms with Gasteiger partial charge >= 0.3 is 0 Å². The molecule has 0 unspecified atom stereocenters. The molecule has 4 aromatic rings. The molecule has 0 amide bonds. The van der Waals surface area contributed by atoms with Crippen LogP contribution in [0.2, 0.25) is 0 Å². The number of para-hydroxylation sites is 3. The molecule has 3 nitrogen and oxygen atoms in total. The normalized spacial score (nSPS) is 11.5. The highest BCUT2D eigenvalue weighted by atomic mass is 15.2. The molecule has 2 aromatic carbocycles. The molecular formula is C24H26N3+. The molecular weight excluding hydrogens is 330 g/mol. The second-order valence-electron chi connectivity index (χ2n) is 7.56. The first-order valence-corrected chi connectivity index (χ1v) is 9.51. The van der Waals surface area contributed by atoms with Crippen molar-refractivity contribution in [3.8, 4) is 17.1 Å². The molecule has 0 aliphatic rings. The van der Waals surface area contributed by atoms with E-state index in [1.54, 1.807) is 0 Å². The fraction of sp³-hybridized carbons (Fsp3) is 0.250. The molecule has 2 aromatic heterocycles. The van der Waals surface area contributed by atoms with Crippen molar-refractivity contribution >= 4 is 11.0 Å². The van der Waals surface area contributed by atoms with E-state index in [9.17, 15) is 0 Å². The lowest BCUT2D eigenvalue weighted by atomic mass is 10.0. The molecule has 0 bridgehead atoms. The minimum absolute atomic E-state index is 0.442. The number of hydrogen-bond acceptors (Lipinski definition) is 1. The van der Waals surface area contributed by atoms with Crippen molar-refractivity contribution in [2.24, 2.45) is 7.05 Å². The number of nitrogens with zero attached hydrogens (tertiary/aromatic N) is 3. The number of imidazole rings is 1. The Morgan fingerprint density at radius 3 is 2.41 bits per heavy atom. The van der Waals surface area contributed by atoms with Gasteiger partial charge in [0.2, 0.25) is 0 Å². The van der Waals surface area contributed by atoms with Gasteiger partial charge in [-0.25, -0.2) is 4.57 Å². The highest BCUT2D eigenvalue weighted by Crippen LogP contribution is 2.32. The zero-order valence-electron chi connectivity index (χ0n) is 16.7. The van der Waals surface area contributed by atoms with Gasteiger partial charge in [0.25, 0.3) is 5.82 Å². The zero-order valence-corrected chi connectivity index (χ0v) is 16.7. The smallest absolute Gasteiger partial charge is 0.261 e. The van der Waals surface area contributed by atoms with E-state index in [2.05, 4.69) is 96.5 Å². The van der Waals surface area contributed by atoms with Crippen molar-refractivity contribution in [1.29, 1.82) is 0 Å². The summed E-state index contributed by atoms with van der Waals surface area (Å²) in [6, 6.07) is 19.5. The Morgan fingerprint density at radius 1 is 0.963 bits per heavy atom. The van der Waals surface area contributed by atoms with Gasteiger partial charge in [0.1, 0.15) is 5.69 Å². The number of benzene rings is 2. The molecule has 0 saturated carbocycles. The van der Waals surface area contributed by atoms with E-state index in [4.69, 9.17) is 0 Å². The quantitative estimate of drug-likeness (QED) is 0.459. The Hall–Kier alpha value is -2.94. The van der Waals surface area contributed by atoms with Crippen LogP contribution in [0.5, 0.6) is 0 Å². The van der Waals surface area contributed by atoms with E-state index < -0.39 is 0 Å². The van der Waals surface area contributed by atoms with Crippen LogP contribution in [0.15, 0.2) is 60.8 Å². The maximum Gasteiger partial charge on any atom is 0.296 e. The molecule has 0 N–H and O–H groups in total. The molecule has 2 heterocycles. The highest BCUT2D eigenvalue weighted by Gasteiger charge is 2.28. The van der Waals surface area contributed by atoms with Crippen molar-refractivity contribution in [2.75, 3.05) is 0 Å². The highest BCUT2D eigenvalue weighted by molar-refractivity contribution is 5.80. The number of pyridine rings is 1. The summed E-state index contributed by atoms with van der Waals surface area (Å²) in [5.41, 5.74) is 8.46. The Balaban J connectivity index is 2.15. The van der Waals surface area contributed by atoms with Crippen LogP contribution in [-0.2, 0) is 7.05 Å². The number of hydrogen-bond donors (Lipinski definition) is 0. The van der Waals surface area contributed by atoms with Crippen molar-refractivity contribution in [1.82, 2.24) is 9.55 Å². The van der Waals surface area contributed by atoms with Crippen molar-refractivity contribution in [3.63, 3.8) is 0 Å². The van der Waals surface area contributed by atoms with Crippen molar-refractivity contribution in [3.05, 3.63) is 77.6 Å². The Bertz CT molecular complexity index is 1140. The molecule has 0 aliphatic heterocycles. The molecule has 0 fully saturated rings. The van der Waals surface area contributed by atoms with E-state index in [1.165, 1.54) is 27.8 Å². The monoisotopic (exact) mass is 356 g/mol. The summed E-state index contributed by atoms with van der Waals surface area (Å²) in [5, 5.41) is 0. The summed E-state index contributed by atoms with van der Waals surface area (Å²) in [7, 11) is 2.14. The maximum atomic E-state index is 4.59. The standard InChI is InChI=1S/C24H26N3/c1-16(2)19-10-6-7-11-21(19)27-23-13-9-8-12-22(23)26(5)24(27)20-15-25-18(4)14-17(20)3/h6-16H,1-5H3/q+1. The van der Waals surface area contributed by atoms with Crippen LogP contribution in [0.1, 0.15) is 36.6 Å². The van der Waals surface area contributed by atoms with Gasteiger partial charge in [0.05, 0.1) is 12.6 Å². The van der Waals surface area contributed by atoms with Gasteiger partial charge < -0.3 is 0 Å². The van der Waals surface area contributed by atoms with Crippen LogP contribution in [0, 0.1) is 13.8 Å². The molecule has 4 rings (SSSR count). The summed E-state index contributed by atoms with van der Waals surface area (Å²) in [6.07, 6.45) is 2.01. The van der Waals surface area contributed by atoms with E-state index in [1.807, 2.05) is 13.1 Å². The summed E-state index contributed by atoms with van der Waals surface area (Å²) in [5.74, 6) is 1.60. The van der Waals surface area contributed by atoms with Gasteiger partial charge in [-0.05, 0) is 49.6 Å². The Labute approximate surface area is 160 Å². The lowest BCUT2D eigenvalue weighted by Gasteiger charge is -2.12. The summed E-state index contributed by atoms with van der Waals surface area (Å²) >= 11 is 0. The van der Waals surface area contributed by atoms with E-state index in [0.717, 1.165) is 17.1 Å². The number of aromatic nitrogens is 3. The largest absolute Gasteiger partial charge is 0.296 e. The topological polar surface area (TPSA) is 21.7 Å².